The number of ether oxygens (including phenoxy) is 1. The second-order valence-electron chi connectivity index (χ2n) is 7.32. The zero-order valence-electron chi connectivity index (χ0n) is 16.2. The molecular weight excluding hydrogens is 383 g/mol. The molecule has 2 heterocycles. The van der Waals surface area contributed by atoms with E-state index in [1.165, 1.54) is 12.1 Å². The Labute approximate surface area is 166 Å². The van der Waals surface area contributed by atoms with Gasteiger partial charge in [0.1, 0.15) is 5.82 Å². The quantitative estimate of drug-likeness (QED) is 0.531. The number of nitrogens with one attached hydrogen (secondary N) is 2. The summed E-state index contributed by atoms with van der Waals surface area (Å²) < 4.78 is 42.0. The lowest BCUT2D eigenvalue weighted by atomic mass is 10.0. The highest BCUT2D eigenvalue weighted by atomic mass is 32.2. The highest BCUT2D eigenvalue weighted by Crippen LogP contribution is 2.22. The van der Waals surface area contributed by atoms with Crippen LogP contribution in [0.15, 0.2) is 29.3 Å². The summed E-state index contributed by atoms with van der Waals surface area (Å²) in [6.07, 6.45) is 0.693. The Balaban J connectivity index is 1.58. The monoisotopic (exact) mass is 412 g/mol. The lowest BCUT2D eigenvalue weighted by molar-refractivity contribution is 0.0170. The number of guanidine groups is 1. The smallest absolute Gasteiger partial charge is 0.191 e. The topological polar surface area (TPSA) is 83.0 Å². The normalized spacial score (nSPS) is 24.1. The Hall–Kier alpha value is -1.71. The molecule has 2 unspecified atom stereocenters. The van der Waals surface area contributed by atoms with Crippen LogP contribution in [0.4, 0.5) is 4.39 Å². The van der Waals surface area contributed by atoms with E-state index in [2.05, 4.69) is 20.5 Å². The number of aliphatic imine (C=N–C) groups is 1. The van der Waals surface area contributed by atoms with Gasteiger partial charge in [-0.15, -0.1) is 0 Å². The van der Waals surface area contributed by atoms with E-state index in [4.69, 9.17) is 4.74 Å². The molecule has 2 fully saturated rings. The van der Waals surface area contributed by atoms with E-state index < -0.39 is 9.84 Å². The molecule has 0 aliphatic carbocycles. The molecule has 0 amide bonds. The van der Waals surface area contributed by atoms with E-state index >= 15 is 0 Å². The van der Waals surface area contributed by atoms with Crippen LogP contribution in [0.3, 0.4) is 0 Å². The maximum Gasteiger partial charge on any atom is 0.191 e. The van der Waals surface area contributed by atoms with Crippen molar-refractivity contribution in [2.45, 2.75) is 12.5 Å². The number of sulfone groups is 1. The van der Waals surface area contributed by atoms with Crippen LogP contribution in [0.25, 0.3) is 0 Å². The first-order valence-electron chi connectivity index (χ1n) is 9.69. The van der Waals surface area contributed by atoms with Crippen LogP contribution in [0.1, 0.15) is 18.0 Å². The molecule has 0 saturated carbocycles. The molecule has 0 aromatic heterocycles. The number of hydrogen-bond donors (Lipinski definition) is 2. The summed E-state index contributed by atoms with van der Waals surface area (Å²) in [6.45, 7) is 4.18. The molecular formula is C19H29FN4O3S. The minimum absolute atomic E-state index is 0.0647. The zero-order chi connectivity index (χ0) is 20.0. The highest BCUT2D eigenvalue weighted by molar-refractivity contribution is 7.91. The number of benzene rings is 1. The summed E-state index contributed by atoms with van der Waals surface area (Å²) in [4.78, 5) is 6.57. The average molecular weight is 413 g/mol. The van der Waals surface area contributed by atoms with Crippen molar-refractivity contribution in [3.8, 4) is 0 Å². The molecule has 3 rings (SSSR count). The van der Waals surface area contributed by atoms with Crippen molar-refractivity contribution in [1.82, 2.24) is 15.5 Å². The summed E-state index contributed by atoms with van der Waals surface area (Å²) >= 11 is 0. The first kappa shape index (κ1) is 21.0. The molecule has 28 heavy (non-hydrogen) atoms. The van der Waals surface area contributed by atoms with E-state index in [0.29, 0.717) is 38.7 Å². The second-order valence-corrected chi connectivity index (χ2v) is 9.55. The standard InChI is InChI=1S/C19H29FN4O3S/c1-21-19(22-12-15-6-11-28(25,26)14-15)23-13-18(24-7-9-27-10-8-24)16-2-4-17(20)5-3-16/h2-5,15,18H,6-14H2,1H3,(H2,21,22,23). The minimum Gasteiger partial charge on any atom is -0.379 e. The van der Waals surface area contributed by atoms with Crippen LogP contribution in [-0.4, -0.2) is 77.2 Å². The van der Waals surface area contributed by atoms with Gasteiger partial charge in [0.05, 0.1) is 30.8 Å². The average Bonchev–Trinajstić information content (AvgIpc) is 3.05. The molecule has 1 aromatic rings. The number of nitrogens with zero attached hydrogens (tertiary/aromatic N) is 2. The van der Waals surface area contributed by atoms with Gasteiger partial charge in [-0.2, -0.15) is 0 Å². The van der Waals surface area contributed by atoms with Crippen LogP contribution in [0.5, 0.6) is 0 Å². The third-order valence-electron chi connectivity index (χ3n) is 5.31. The summed E-state index contributed by atoms with van der Waals surface area (Å²) in [6, 6.07) is 6.66. The van der Waals surface area contributed by atoms with Crippen LogP contribution in [-0.2, 0) is 14.6 Å². The van der Waals surface area contributed by atoms with Gasteiger partial charge in [-0.1, -0.05) is 12.1 Å². The zero-order valence-corrected chi connectivity index (χ0v) is 17.0. The Morgan fingerprint density at radius 1 is 1.29 bits per heavy atom. The van der Waals surface area contributed by atoms with E-state index in [9.17, 15) is 12.8 Å². The van der Waals surface area contributed by atoms with Gasteiger partial charge in [-0.05, 0) is 30.0 Å². The lowest BCUT2D eigenvalue weighted by Gasteiger charge is -2.35. The van der Waals surface area contributed by atoms with Crippen LogP contribution < -0.4 is 10.6 Å². The highest BCUT2D eigenvalue weighted by Gasteiger charge is 2.28. The van der Waals surface area contributed by atoms with E-state index in [1.54, 1.807) is 7.05 Å². The molecule has 1 aromatic carbocycles. The van der Waals surface area contributed by atoms with Gasteiger partial charge in [0.15, 0.2) is 15.8 Å². The molecule has 0 spiro atoms. The lowest BCUT2D eigenvalue weighted by Crippen LogP contribution is -2.47. The van der Waals surface area contributed by atoms with Crippen molar-refractivity contribution >= 4 is 15.8 Å². The molecule has 2 aliphatic heterocycles. The molecule has 0 bridgehead atoms. The van der Waals surface area contributed by atoms with Crippen LogP contribution >= 0.6 is 0 Å². The fourth-order valence-electron chi connectivity index (χ4n) is 3.72. The van der Waals surface area contributed by atoms with E-state index in [0.717, 1.165) is 18.7 Å². The van der Waals surface area contributed by atoms with Crippen molar-refractivity contribution in [2.75, 3.05) is 57.9 Å². The van der Waals surface area contributed by atoms with Crippen molar-refractivity contribution < 1.29 is 17.5 Å². The molecule has 2 aliphatic rings. The maximum absolute atomic E-state index is 13.3. The number of rotatable bonds is 6. The fraction of sp³-hybridized carbons (Fsp3) is 0.632. The Morgan fingerprint density at radius 2 is 2.00 bits per heavy atom. The SMILES string of the molecule is CN=C(NCC1CCS(=O)(=O)C1)NCC(c1ccc(F)cc1)N1CCOCC1. The van der Waals surface area contributed by atoms with Gasteiger partial charge >= 0.3 is 0 Å². The first-order valence-corrected chi connectivity index (χ1v) is 11.5. The predicted octanol–water partition coefficient (Wildman–Crippen LogP) is 0.799. The van der Waals surface area contributed by atoms with Gasteiger partial charge in [-0.3, -0.25) is 9.89 Å². The molecule has 9 heteroatoms. The van der Waals surface area contributed by atoms with Crippen molar-refractivity contribution in [3.63, 3.8) is 0 Å². The van der Waals surface area contributed by atoms with Gasteiger partial charge in [-0.25, -0.2) is 12.8 Å². The number of hydrogen-bond acceptors (Lipinski definition) is 5. The molecule has 7 nitrogen and oxygen atoms in total. The Morgan fingerprint density at radius 3 is 2.61 bits per heavy atom. The summed E-state index contributed by atoms with van der Waals surface area (Å²) in [5.41, 5.74) is 1.04. The van der Waals surface area contributed by atoms with Gasteiger partial charge in [0.25, 0.3) is 0 Å². The van der Waals surface area contributed by atoms with Gasteiger partial charge in [0.2, 0.25) is 0 Å². The van der Waals surface area contributed by atoms with E-state index in [1.807, 2.05) is 12.1 Å². The second kappa shape index (κ2) is 9.67. The third-order valence-corrected chi connectivity index (χ3v) is 7.15. The molecule has 2 atom stereocenters. The number of morpholine rings is 1. The Bertz CT molecular complexity index is 764. The number of halogens is 1. The Kier molecular flexibility index (Phi) is 7.25. The predicted molar refractivity (Wildman–Crippen MR) is 108 cm³/mol. The first-order chi connectivity index (χ1) is 13.5. The molecule has 2 N–H and O–H groups in total. The van der Waals surface area contributed by atoms with Crippen LogP contribution in [0.2, 0.25) is 0 Å². The van der Waals surface area contributed by atoms with Gasteiger partial charge < -0.3 is 15.4 Å². The molecule has 156 valence electrons. The largest absolute Gasteiger partial charge is 0.379 e. The summed E-state index contributed by atoms with van der Waals surface area (Å²) in [5.74, 6) is 1.03. The van der Waals surface area contributed by atoms with Crippen molar-refractivity contribution in [1.29, 1.82) is 0 Å². The van der Waals surface area contributed by atoms with Crippen LogP contribution in [0, 0.1) is 11.7 Å². The summed E-state index contributed by atoms with van der Waals surface area (Å²) in [5, 5.41) is 6.58. The third kappa shape index (κ3) is 5.89. The molecule has 0 radical (unpaired) electrons. The summed E-state index contributed by atoms with van der Waals surface area (Å²) in [7, 11) is -1.18. The fourth-order valence-corrected chi connectivity index (χ4v) is 5.58. The molecule has 2 saturated heterocycles. The van der Waals surface area contributed by atoms with E-state index in [-0.39, 0.29) is 29.3 Å². The van der Waals surface area contributed by atoms with Crippen molar-refractivity contribution in [2.24, 2.45) is 10.9 Å². The van der Waals surface area contributed by atoms with Gasteiger partial charge in [0, 0.05) is 33.2 Å². The van der Waals surface area contributed by atoms with Crippen molar-refractivity contribution in [3.05, 3.63) is 35.6 Å². The maximum atomic E-state index is 13.3. The minimum atomic E-state index is -2.88.